The Morgan fingerprint density at radius 2 is 2.10 bits per heavy atom. The number of fused-ring (bicyclic) bond motifs is 2. The van der Waals surface area contributed by atoms with Crippen molar-refractivity contribution < 1.29 is 0 Å². The minimum Gasteiger partial charge on any atom is -0.329 e. The number of nitrogens with zero attached hydrogens (tertiary/aromatic N) is 3. The van der Waals surface area contributed by atoms with Gasteiger partial charge >= 0.3 is 0 Å². The van der Waals surface area contributed by atoms with Crippen LogP contribution in [-0.2, 0) is 6.54 Å². The second-order valence-corrected chi connectivity index (χ2v) is 6.60. The molecular formula is C16H26N4. The Morgan fingerprint density at radius 1 is 1.40 bits per heavy atom. The molecule has 0 aliphatic carbocycles. The summed E-state index contributed by atoms with van der Waals surface area (Å²) in [4.78, 5) is 9.27. The van der Waals surface area contributed by atoms with Gasteiger partial charge in [-0.25, -0.2) is 0 Å². The van der Waals surface area contributed by atoms with E-state index in [4.69, 9.17) is 5.73 Å². The van der Waals surface area contributed by atoms with Crippen molar-refractivity contribution in [1.82, 2.24) is 14.8 Å². The minimum absolute atomic E-state index is 0.161. The summed E-state index contributed by atoms with van der Waals surface area (Å²) in [6, 6.07) is 5.59. The zero-order valence-electron chi connectivity index (χ0n) is 12.6. The third-order valence-corrected chi connectivity index (χ3v) is 5.55. The highest BCUT2D eigenvalue weighted by Gasteiger charge is 2.48. The molecule has 1 aromatic rings. The fourth-order valence-corrected chi connectivity index (χ4v) is 4.11. The lowest BCUT2D eigenvalue weighted by molar-refractivity contribution is 0.0117. The van der Waals surface area contributed by atoms with Crippen LogP contribution in [0.3, 0.4) is 0 Å². The van der Waals surface area contributed by atoms with Gasteiger partial charge in [0.25, 0.3) is 0 Å². The molecule has 0 amide bonds. The van der Waals surface area contributed by atoms with E-state index in [9.17, 15) is 0 Å². The van der Waals surface area contributed by atoms with E-state index in [-0.39, 0.29) is 5.54 Å². The molecule has 2 bridgehead atoms. The zero-order chi connectivity index (χ0) is 14.2. The highest BCUT2D eigenvalue weighted by molar-refractivity contribution is 5.11. The number of nitrogens with two attached hydrogens (primary N) is 1. The van der Waals surface area contributed by atoms with E-state index < -0.39 is 0 Å². The van der Waals surface area contributed by atoms with Gasteiger partial charge in [0.15, 0.2) is 0 Å². The molecule has 2 saturated heterocycles. The van der Waals surface area contributed by atoms with E-state index in [1.165, 1.54) is 31.2 Å². The normalized spacial score (nSPS) is 33.8. The molecule has 0 spiro atoms. The van der Waals surface area contributed by atoms with Gasteiger partial charge in [-0.05, 0) is 51.4 Å². The van der Waals surface area contributed by atoms with Gasteiger partial charge in [0.05, 0.1) is 0 Å². The van der Waals surface area contributed by atoms with Gasteiger partial charge in [0, 0.05) is 43.1 Å². The minimum atomic E-state index is 0.161. The van der Waals surface area contributed by atoms with Crippen molar-refractivity contribution in [2.75, 3.05) is 20.6 Å². The second-order valence-electron chi connectivity index (χ2n) is 6.60. The van der Waals surface area contributed by atoms with Crippen molar-refractivity contribution in [3.63, 3.8) is 0 Å². The number of hydrogen-bond donors (Lipinski definition) is 1. The standard InChI is InChI=1S/C16H26N4/c1-19(11-13-4-3-7-18-10-13)16(12-17)8-14-5-6-15(9-16)20(14)2/h3-4,7,10,14-15H,5-6,8-9,11-12,17H2,1-2H3. The molecule has 2 aliphatic rings. The van der Waals surface area contributed by atoms with Gasteiger partial charge in [-0.15, -0.1) is 0 Å². The van der Waals surface area contributed by atoms with Gasteiger partial charge in [-0.2, -0.15) is 0 Å². The molecule has 20 heavy (non-hydrogen) atoms. The maximum Gasteiger partial charge on any atom is 0.0361 e. The predicted molar refractivity (Wildman–Crippen MR) is 81.3 cm³/mol. The van der Waals surface area contributed by atoms with Gasteiger partial charge in [0.1, 0.15) is 0 Å². The van der Waals surface area contributed by atoms with Crippen LogP contribution in [0, 0.1) is 0 Å². The molecule has 0 saturated carbocycles. The molecule has 3 heterocycles. The number of aromatic nitrogens is 1. The van der Waals surface area contributed by atoms with Crippen molar-refractivity contribution >= 4 is 0 Å². The number of likely N-dealkylation sites (N-methyl/N-ethyl adjacent to an activating group) is 1. The molecule has 1 aromatic heterocycles. The zero-order valence-corrected chi connectivity index (χ0v) is 12.6. The summed E-state index contributed by atoms with van der Waals surface area (Å²) in [7, 11) is 4.51. The van der Waals surface area contributed by atoms with Gasteiger partial charge in [-0.3, -0.25) is 9.88 Å². The number of piperidine rings is 1. The molecule has 2 unspecified atom stereocenters. The van der Waals surface area contributed by atoms with E-state index >= 15 is 0 Å². The molecule has 2 N–H and O–H groups in total. The summed E-state index contributed by atoms with van der Waals surface area (Å²) in [5, 5.41) is 0. The van der Waals surface area contributed by atoms with Crippen molar-refractivity contribution in [1.29, 1.82) is 0 Å². The molecule has 2 atom stereocenters. The quantitative estimate of drug-likeness (QED) is 0.903. The van der Waals surface area contributed by atoms with Crippen molar-refractivity contribution in [3.05, 3.63) is 30.1 Å². The Labute approximate surface area is 122 Å². The molecule has 3 rings (SSSR count). The maximum atomic E-state index is 6.21. The molecular weight excluding hydrogens is 248 g/mol. The van der Waals surface area contributed by atoms with Crippen LogP contribution in [0.15, 0.2) is 24.5 Å². The SMILES string of the molecule is CN1C2CCC1CC(CN)(N(C)Cc1cccnc1)C2. The van der Waals surface area contributed by atoms with Crippen LogP contribution in [0.25, 0.3) is 0 Å². The van der Waals surface area contributed by atoms with E-state index in [0.717, 1.165) is 13.1 Å². The largest absolute Gasteiger partial charge is 0.329 e. The van der Waals surface area contributed by atoms with E-state index in [1.807, 2.05) is 18.5 Å². The van der Waals surface area contributed by atoms with Crippen LogP contribution in [0.1, 0.15) is 31.2 Å². The molecule has 2 aliphatic heterocycles. The topological polar surface area (TPSA) is 45.4 Å². The number of hydrogen-bond acceptors (Lipinski definition) is 4. The average Bonchev–Trinajstić information content (AvgIpc) is 2.70. The maximum absolute atomic E-state index is 6.21. The third kappa shape index (κ3) is 2.36. The van der Waals surface area contributed by atoms with Crippen molar-refractivity contribution in [2.24, 2.45) is 5.73 Å². The summed E-state index contributed by atoms with van der Waals surface area (Å²) >= 11 is 0. The number of pyridine rings is 1. The first-order valence-electron chi connectivity index (χ1n) is 7.67. The van der Waals surface area contributed by atoms with Crippen LogP contribution >= 0.6 is 0 Å². The molecule has 0 aromatic carbocycles. The van der Waals surface area contributed by atoms with Crippen LogP contribution in [-0.4, -0.2) is 53.0 Å². The Bertz CT molecular complexity index is 433. The Kier molecular flexibility index (Phi) is 3.80. The average molecular weight is 274 g/mol. The first-order chi connectivity index (χ1) is 9.64. The van der Waals surface area contributed by atoms with Crippen molar-refractivity contribution in [2.45, 2.75) is 49.9 Å². The fraction of sp³-hybridized carbons (Fsp3) is 0.688. The van der Waals surface area contributed by atoms with Gasteiger partial charge in [-0.1, -0.05) is 6.07 Å². The van der Waals surface area contributed by atoms with Gasteiger partial charge < -0.3 is 10.6 Å². The Balaban J connectivity index is 1.76. The summed E-state index contributed by atoms with van der Waals surface area (Å²) in [5.74, 6) is 0. The molecule has 4 nitrogen and oxygen atoms in total. The smallest absolute Gasteiger partial charge is 0.0361 e. The summed E-state index contributed by atoms with van der Waals surface area (Å²) in [5.41, 5.74) is 7.65. The van der Waals surface area contributed by atoms with Crippen molar-refractivity contribution in [3.8, 4) is 0 Å². The van der Waals surface area contributed by atoms with E-state index in [2.05, 4.69) is 34.9 Å². The fourth-order valence-electron chi connectivity index (χ4n) is 4.11. The van der Waals surface area contributed by atoms with Crippen LogP contribution < -0.4 is 5.73 Å². The Hall–Kier alpha value is -0.970. The second kappa shape index (κ2) is 5.43. The lowest BCUT2D eigenvalue weighted by Gasteiger charge is -2.50. The first kappa shape index (κ1) is 14.0. The predicted octanol–water partition coefficient (Wildman–Crippen LogP) is 1.47. The molecule has 110 valence electrons. The van der Waals surface area contributed by atoms with Crippen LogP contribution in [0.4, 0.5) is 0 Å². The van der Waals surface area contributed by atoms with E-state index in [0.29, 0.717) is 12.1 Å². The molecule has 4 heteroatoms. The van der Waals surface area contributed by atoms with Crippen LogP contribution in [0.5, 0.6) is 0 Å². The van der Waals surface area contributed by atoms with Crippen LogP contribution in [0.2, 0.25) is 0 Å². The Morgan fingerprint density at radius 3 is 2.65 bits per heavy atom. The highest BCUT2D eigenvalue weighted by Crippen LogP contribution is 2.42. The summed E-state index contributed by atoms with van der Waals surface area (Å²) < 4.78 is 0. The third-order valence-electron chi connectivity index (χ3n) is 5.55. The van der Waals surface area contributed by atoms with E-state index in [1.54, 1.807) is 0 Å². The lowest BCUT2D eigenvalue weighted by atomic mass is 9.81. The first-order valence-corrected chi connectivity index (χ1v) is 7.67. The summed E-state index contributed by atoms with van der Waals surface area (Å²) in [6.07, 6.45) is 8.87. The number of rotatable bonds is 4. The monoisotopic (exact) mass is 274 g/mol. The van der Waals surface area contributed by atoms with Gasteiger partial charge in [0.2, 0.25) is 0 Å². The summed E-state index contributed by atoms with van der Waals surface area (Å²) in [6.45, 7) is 1.69. The molecule has 0 radical (unpaired) electrons. The lowest BCUT2D eigenvalue weighted by Crippen LogP contribution is -2.60. The molecule has 2 fully saturated rings. The highest BCUT2D eigenvalue weighted by atomic mass is 15.3.